The van der Waals surface area contributed by atoms with Gasteiger partial charge in [0.2, 0.25) is 0 Å². The van der Waals surface area contributed by atoms with Crippen LogP contribution >= 0.6 is 0 Å². The van der Waals surface area contributed by atoms with E-state index in [1.807, 2.05) is 0 Å². The summed E-state index contributed by atoms with van der Waals surface area (Å²) in [5, 5.41) is 1.84. The molecule has 0 bridgehead atoms. The average molecular weight is 368 g/mol. The zero-order valence-electron chi connectivity index (χ0n) is 14.3. The van der Waals surface area contributed by atoms with Crippen LogP contribution in [-0.2, 0) is 6.61 Å². The van der Waals surface area contributed by atoms with E-state index in [1.54, 1.807) is 30.3 Å². The Hall–Kier alpha value is -3.41. The van der Waals surface area contributed by atoms with E-state index in [9.17, 15) is 13.6 Å². The van der Waals surface area contributed by atoms with Gasteiger partial charge in [0.1, 0.15) is 35.3 Å². The molecule has 136 valence electrons. The normalized spacial score (nSPS) is 11.1. The van der Waals surface area contributed by atoms with Crippen LogP contribution < -0.4 is 15.1 Å². The molecule has 0 amide bonds. The van der Waals surface area contributed by atoms with Crippen LogP contribution in [0, 0.1) is 11.6 Å². The second-order valence-electron chi connectivity index (χ2n) is 5.95. The smallest absolute Gasteiger partial charge is 0.344 e. The van der Waals surface area contributed by atoms with E-state index in [-0.39, 0.29) is 12.2 Å². The zero-order valence-corrected chi connectivity index (χ0v) is 14.3. The highest BCUT2D eigenvalue weighted by atomic mass is 19.1. The van der Waals surface area contributed by atoms with Gasteiger partial charge in [0.25, 0.3) is 0 Å². The van der Waals surface area contributed by atoms with Crippen molar-refractivity contribution in [3.63, 3.8) is 0 Å². The molecule has 0 aliphatic carbocycles. The van der Waals surface area contributed by atoms with Gasteiger partial charge in [0.05, 0.1) is 18.1 Å². The summed E-state index contributed by atoms with van der Waals surface area (Å²) >= 11 is 0. The molecule has 0 saturated carbocycles. The predicted molar refractivity (Wildman–Crippen MR) is 97.2 cm³/mol. The molecule has 0 spiro atoms. The molecule has 27 heavy (non-hydrogen) atoms. The summed E-state index contributed by atoms with van der Waals surface area (Å²) in [4.78, 5) is 12.3. The summed E-state index contributed by atoms with van der Waals surface area (Å²) in [6.07, 6.45) is 0. The maximum Gasteiger partial charge on any atom is 0.344 e. The molecular formula is C21H14F2O4. The first-order chi connectivity index (χ1) is 13.1. The van der Waals surface area contributed by atoms with E-state index in [4.69, 9.17) is 13.9 Å². The number of fused-ring (bicyclic) bond motifs is 3. The molecule has 6 heteroatoms. The minimum absolute atomic E-state index is 0.162. The lowest BCUT2D eigenvalue weighted by Gasteiger charge is -2.09. The average Bonchev–Trinajstić information content (AvgIpc) is 2.67. The van der Waals surface area contributed by atoms with Gasteiger partial charge in [-0.1, -0.05) is 6.07 Å². The van der Waals surface area contributed by atoms with Crippen molar-refractivity contribution in [2.24, 2.45) is 0 Å². The number of rotatable bonds is 4. The Morgan fingerprint density at radius 2 is 1.59 bits per heavy atom. The van der Waals surface area contributed by atoms with Crippen molar-refractivity contribution in [3.8, 4) is 11.5 Å². The predicted octanol–water partition coefficient (Wildman–Crippen LogP) is 4.81. The molecule has 0 aliphatic rings. The van der Waals surface area contributed by atoms with Gasteiger partial charge in [0.15, 0.2) is 0 Å². The van der Waals surface area contributed by atoms with Gasteiger partial charge >= 0.3 is 5.63 Å². The fourth-order valence-corrected chi connectivity index (χ4v) is 2.93. The lowest BCUT2D eigenvalue weighted by atomic mass is 10.1. The molecule has 4 nitrogen and oxygen atoms in total. The lowest BCUT2D eigenvalue weighted by Crippen LogP contribution is -2.03. The zero-order chi connectivity index (χ0) is 19.0. The topological polar surface area (TPSA) is 48.7 Å². The molecule has 4 rings (SSSR count). The third-order valence-electron chi connectivity index (χ3n) is 4.34. The first-order valence-electron chi connectivity index (χ1n) is 8.17. The Balaban J connectivity index is 1.72. The summed E-state index contributed by atoms with van der Waals surface area (Å²) in [5.74, 6) is -0.466. The molecule has 1 heterocycles. The van der Waals surface area contributed by atoms with Gasteiger partial charge in [-0.25, -0.2) is 13.6 Å². The van der Waals surface area contributed by atoms with E-state index < -0.39 is 17.3 Å². The van der Waals surface area contributed by atoms with Crippen molar-refractivity contribution < 1.29 is 22.7 Å². The van der Waals surface area contributed by atoms with Crippen LogP contribution in [0.4, 0.5) is 8.78 Å². The second-order valence-corrected chi connectivity index (χ2v) is 5.95. The highest BCUT2D eigenvalue weighted by molar-refractivity contribution is 6.04. The molecule has 3 aromatic carbocycles. The Kier molecular flexibility index (Phi) is 4.24. The van der Waals surface area contributed by atoms with E-state index in [1.165, 1.54) is 31.4 Å². The molecule has 0 aliphatic heterocycles. The van der Waals surface area contributed by atoms with Gasteiger partial charge in [-0.15, -0.1) is 0 Å². The van der Waals surface area contributed by atoms with Gasteiger partial charge in [-0.2, -0.15) is 0 Å². The summed E-state index contributed by atoms with van der Waals surface area (Å²) < 4.78 is 43.4. The van der Waals surface area contributed by atoms with Crippen molar-refractivity contribution in [2.45, 2.75) is 6.61 Å². The van der Waals surface area contributed by atoms with Crippen molar-refractivity contribution in [1.29, 1.82) is 0 Å². The van der Waals surface area contributed by atoms with Crippen LogP contribution in [0.2, 0.25) is 0 Å². The summed E-state index contributed by atoms with van der Waals surface area (Å²) in [5.41, 5.74) is -0.345. The van der Waals surface area contributed by atoms with Gasteiger partial charge in [-0.05, 0) is 42.5 Å². The molecule has 0 unspecified atom stereocenters. The van der Waals surface area contributed by atoms with Gasteiger partial charge in [-0.3, -0.25) is 0 Å². The van der Waals surface area contributed by atoms with Crippen LogP contribution in [0.15, 0.2) is 63.8 Å². The number of methoxy groups -OCH3 is 1. The largest absolute Gasteiger partial charge is 0.497 e. The highest BCUT2D eigenvalue weighted by Gasteiger charge is 2.12. The number of ether oxygens (including phenoxy) is 2. The summed E-state index contributed by atoms with van der Waals surface area (Å²) in [7, 11) is 1.52. The standard InChI is InChI=1S/C21H14F2O4/c1-25-12-5-7-14-15-8-6-13(10-20(15)27-21(24)16(14)9-12)26-11-17-18(22)3-2-4-19(17)23/h2-10H,11H2,1H3. The van der Waals surface area contributed by atoms with E-state index >= 15 is 0 Å². The molecule has 0 saturated heterocycles. The molecular weight excluding hydrogens is 354 g/mol. The fourth-order valence-electron chi connectivity index (χ4n) is 2.93. The number of hydrogen-bond acceptors (Lipinski definition) is 4. The quantitative estimate of drug-likeness (QED) is 0.383. The Morgan fingerprint density at radius 1 is 0.889 bits per heavy atom. The van der Waals surface area contributed by atoms with Crippen molar-refractivity contribution >= 4 is 21.7 Å². The Labute approximate surface area is 152 Å². The van der Waals surface area contributed by atoms with E-state index in [0.29, 0.717) is 27.9 Å². The monoisotopic (exact) mass is 368 g/mol. The molecule has 0 radical (unpaired) electrons. The minimum atomic E-state index is -0.678. The Bertz CT molecular complexity index is 1190. The van der Waals surface area contributed by atoms with Gasteiger partial charge in [0, 0.05) is 16.8 Å². The number of halogens is 2. The van der Waals surface area contributed by atoms with Crippen molar-refractivity contribution in [3.05, 3.63) is 82.2 Å². The number of benzene rings is 3. The van der Waals surface area contributed by atoms with E-state index in [2.05, 4.69) is 0 Å². The second kappa shape index (κ2) is 6.72. The van der Waals surface area contributed by atoms with Crippen LogP contribution in [0.3, 0.4) is 0 Å². The minimum Gasteiger partial charge on any atom is -0.497 e. The molecule has 4 aromatic rings. The fraction of sp³-hybridized carbons (Fsp3) is 0.0952. The van der Waals surface area contributed by atoms with Gasteiger partial charge < -0.3 is 13.9 Å². The maximum atomic E-state index is 13.7. The van der Waals surface area contributed by atoms with Crippen LogP contribution in [0.1, 0.15) is 5.56 Å². The molecule has 0 fully saturated rings. The van der Waals surface area contributed by atoms with E-state index in [0.717, 1.165) is 5.39 Å². The molecule has 0 N–H and O–H groups in total. The van der Waals surface area contributed by atoms with Crippen LogP contribution in [0.25, 0.3) is 21.7 Å². The molecule has 1 aromatic heterocycles. The lowest BCUT2D eigenvalue weighted by molar-refractivity contribution is 0.292. The summed E-state index contributed by atoms with van der Waals surface area (Å²) in [6.45, 7) is -0.279. The number of hydrogen-bond donors (Lipinski definition) is 0. The van der Waals surface area contributed by atoms with Crippen molar-refractivity contribution in [1.82, 2.24) is 0 Å². The Morgan fingerprint density at radius 3 is 2.33 bits per heavy atom. The third kappa shape index (κ3) is 3.10. The van der Waals surface area contributed by atoms with Crippen molar-refractivity contribution in [2.75, 3.05) is 7.11 Å². The maximum absolute atomic E-state index is 13.7. The van der Waals surface area contributed by atoms with Crippen LogP contribution in [0.5, 0.6) is 11.5 Å². The first kappa shape index (κ1) is 17.0. The SMILES string of the molecule is COc1ccc2c(c1)c(=O)oc1cc(OCc3c(F)cccc3F)ccc12. The van der Waals surface area contributed by atoms with Crippen LogP contribution in [-0.4, -0.2) is 7.11 Å². The highest BCUT2D eigenvalue weighted by Crippen LogP contribution is 2.29. The summed E-state index contributed by atoms with van der Waals surface area (Å²) in [6, 6.07) is 13.7. The third-order valence-corrected chi connectivity index (χ3v) is 4.34. The first-order valence-corrected chi connectivity index (χ1v) is 8.17. The molecule has 0 atom stereocenters.